The summed E-state index contributed by atoms with van der Waals surface area (Å²) in [6.45, 7) is 4.74. The van der Waals surface area contributed by atoms with Crippen molar-refractivity contribution in [2.24, 2.45) is 0 Å². The van der Waals surface area contributed by atoms with Crippen LogP contribution in [0, 0.1) is 6.92 Å². The second-order valence-corrected chi connectivity index (χ2v) is 5.98. The lowest BCUT2D eigenvalue weighted by atomic mass is 10.3. The van der Waals surface area contributed by atoms with E-state index in [1.165, 1.54) is 28.3 Å². The average molecular weight is 279 g/mol. The summed E-state index contributed by atoms with van der Waals surface area (Å²) < 4.78 is 1.40. The molecule has 1 aliphatic heterocycles. The molecule has 1 N–H and O–H groups in total. The Morgan fingerprint density at radius 3 is 3.16 bits per heavy atom. The van der Waals surface area contributed by atoms with Crippen molar-refractivity contribution in [2.75, 3.05) is 20.1 Å². The smallest absolute Gasteiger partial charge is 0.275 e. The number of rotatable bonds is 3. The van der Waals surface area contributed by atoms with Crippen molar-refractivity contribution in [2.45, 2.75) is 25.9 Å². The highest BCUT2D eigenvalue weighted by molar-refractivity contribution is 7.16. The van der Waals surface area contributed by atoms with E-state index in [4.69, 9.17) is 0 Å². The highest BCUT2D eigenvalue weighted by atomic mass is 32.1. The van der Waals surface area contributed by atoms with Gasteiger partial charge in [-0.15, -0.1) is 0 Å². The molecule has 2 aromatic rings. The van der Waals surface area contributed by atoms with Crippen LogP contribution in [0.1, 0.15) is 17.1 Å². The van der Waals surface area contributed by atoms with E-state index in [9.17, 15) is 4.79 Å². The maximum absolute atomic E-state index is 11.8. The van der Waals surface area contributed by atoms with Gasteiger partial charge in [0.15, 0.2) is 0 Å². The molecule has 1 fully saturated rings. The minimum absolute atomic E-state index is 0.0977. The van der Waals surface area contributed by atoms with Crippen LogP contribution in [-0.2, 0) is 6.54 Å². The maximum atomic E-state index is 11.8. The molecule has 19 heavy (non-hydrogen) atoms. The van der Waals surface area contributed by atoms with E-state index in [0.717, 1.165) is 30.3 Å². The number of nitrogens with one attached hydrogen (secondary N) is 1. The number of fused-ring (bicyclic) bond motifs is 1. The van der Waals surface area contributed by atoms with Crippen LogP contribution < -0.4 is 10.9 Å². The minimum atomic E-state index is -0.0977. The second-order valence-electron chi connectivity index (χ2n) is 4.94. The Morgan fingerprint density at radius 1 is 1.58 bits per heavy atom. The van der Waals surface area contributed by atoms with Crippen LogP contribution in [0.15, 0.2) is 10.9 Å². The SMILES string of the molecule is CNC1CCN(Cc2nn3c(=O)cc(C)nc3s2)C1. The number of likely N-dealkylation sites (tertiary alicyclic amines) is 1. The van der Waals surface area contributed by atoms with Crippen LogP contribution in [0.2, 0.25) is 0 Å². The fourth-order valence-corrected chi connectivity index (χ4v) is 3.41. The van der Waals surface area contributed by atoms with E-state index in [0.29, 0.717) is 11.0 Å². The quantitative estimate of drug-likeness (QED) is 0.873. The van der Waals surface area contributed by atoms with Crippen molar-refractivity contribution in [3.05, 3.63) is 27.1 Å². The molecular formula is C12H17N5OS. The summed E-state index contributed by atoms with van der Waals surface area (Å²) in [5.41, 5.74) is 0.649. The molecule has 0 bridgehead atoms. The number of aryl methyl sites for hydroxylation is 1. The van der Waals surface area contributed by atoms with Gasteiger partial charge in [0, 0.05) is 30.9 Å². The molecule has 0 spiro atoms. The standard InChI is InChI=1S/C12H17N5OS/c1-8-5-11(18)17-12(14-8)19-10(15-17)7-16-4-3-9(6-16)13-2/h5,9,13H,3-4,6-7H2,1-2H3. The summed E-state index contributed by atoms with van der Waals surface area (Å²) in [6, 6.07) is 2.08. The van der Waals surface area contributed by atoms with Gasteiger partial charge in [0.2, 0.25) is 4.96 Å². The highest BCUT2D eigenvalue weighted by Crippen LogP contribution is 2.17. The van der Waals surface area contributed by atoms with Crippen LogP contribution in [0.3, 0.4) is 0 Å². The molecule has 1 unspecified atom stereocenters. The third kappa shape index (κ3) is 2.54. The molecule has 0 aliphatic carbocycles. The van der Waals surface area contributed by atoms with E-state index in [-0.39, 0.29) is 5.56 Å². The number of aromatic nitrogens is 3. The van der Waals surface area contributed by atoms with Gasteiger partial charge in [-0.3, -0.25) is 9.69 Å². The van der Waals surface area contributed by atoms with E-state index >= 15 is 0 Å². The molecule has 6 nitrogen and oxygen atoms in total. The Hall–Kier alpha value is -1.31. The molecule has 0 aromatic carbocycles. The van der Waals surface area contributed by atoms with Crippen molar-refractivity contribution in [3.63, 3.8) is 0 Å². The first-order valence-electron chi connectivity index (χ1n) is 6.42. The molecule has 0 saturated carbocycles. The lowest BCUT2D eigenvalue weighted by molar-refractivity contribution is 0.320. The number of nitrogens with zero attached hydrogens (tertiary/aromatic N) is 4. The first-order chi connectivity index (χ1) is 9.15. The lowest BCUT2D eigenvalue weighted by Crippen LogP contribution is -2.29. The summed E-state index contributed by atoms with van der Waals surface area (Å²) >= 11 is 1.50. The summed E-state index contributed by atoms with van der Waals surface area (Å²) in [5.74, 6) is 0. The maximum Gasteiger partial charge on any atom is 0.275 e. The Bertz CT molecular complexity index is 649. The molecule has 1 saturated heterocycles. The summed E-state index contributed by atoms with van der Waals surface area (Å²) in [5, 5.41) is 8.61. The number of hydrogen-bond acceptors (Lipinski definition) is 6. The molecule has 2 aromatic heterocycles. The summed E-state index contributed by atoms with van der Waals surface area (Å²) in [6.07, 6.45) is 1.17. The van der Waals surface area contributed by atoms with Gasteiger partial charge < -0.3 is 5.32 Å². The zero-order valence-electron chi connectivity index (χ0n) is 11.1. The molecular weight excluding hydrogens is 262 g/mol. The predicted octanol–water partition coefficient (Wildman–Crippen LogP) is 0.253. The van der Waals surface area contributed by atoms with Gasteiger partial charge in [0.1, 0.15) is 5.01 Å². The zero-order valence-corrected chi connectivity index (χ0v) is 11.9. The largest absolute Gasteiger partial charge is 0.316 e. The van der Waals surface area contributed by atoms with Gasteiger partial charge in [-0.1, -0.05) is 11.3 Å². The molecule has 7 heteroatoms. The van der Waals surface area contributed by atoms with E-state index in [1.54, 1.807) is 0 Å². The Morgan fingerprint density at radius 2 is 2.42 bits per heavy atom. The van der Waals surface area contributed by atoms with Crippen LogP contribution in [0.5, 0.6) is 0 Å². The van der Waals surface area contributed by atoms with Crippen molar-refractivity contribution in [3.8, 4) is 0 Å². The highest BCUT2D eigenvalue weighted by Gasteiger charge is 2.22. The van der Waals surface area contributed by atoms with Gasteiger partial charge in [0.05, 0.1) is 6.54 Å². The van der Waals surface area contributed by atoms with E-state index in [2.05, 4.69) is 20.3 Å². The summed E-state index contributed by atoms with van der Waals surface area (Å²) in [4.78, 5) is 19.2. The Kier molecular flexibility index (Phi) is 3.34. The van der Waals surface area contributed by atoms with E-state index < -0.39 is 0 Å². The molecule has 3 heterocycles. The molecule has 3 rings (SSSR count). The minimum Gasteiger partial charge on any atom is -0.316 e. The van der Waals surface area contributed by atoms with Gasteiger partial charge in [0.25, 0.3) is 5.56 Å². The van der Waals surface area contributed by atoms with Crippen molar-refractivity contribution in [1.29, 1.82) is 0 Å². The fourth-order valence-electron chi connectivity index (χ4n) is 2.43. The van der Waals surface area contributed by atoms with Crippen LogP contribution >= 0.6 is 11.3 Å². The van der Waals surface area contributed by atoms with Crippen LogP contribution in [0.4, 0.5) is 0 Å². The van der Waals surface area contributed by atoms with Crippen molar-refractivity contribution >= 4 is 16.3 Å². The molecule has 0 radical (unpaired) electrons. The zero-order chi connectivity index (χ0) is 13.4. The van der Waals surface area contributed by atoms with Crippen LogP contribution in [0.25, 0.3) is 4.96 Å². The normalized spacial score (nSPS) is 20.4. The average Bonchev–Trinajstić information content (AvgIpc) is 2.96. The molecule has 102 valence electrons. The third-order valence-corrected chi connectivity index (χ3v) is 4.35. The molecule has 1 atom stereocenters. The first-order valence-corrected chi connectivity index (χ1v) is 7.23. The lowest BCUT2D eigenvalue weighted by Gasteiger charge is -2.13. The van der Waals surface area contributed by atoms with Gasteiger partial charge in [-0.25, -0.2) is 4.98 Å². The summed E-state index contributed by atoms with van der Waals surface area (Å²) in [7, 11) is 2.00. The Labute approximate surface area is 115 Å². The Balaban J connectivity index is 1.82. The third-order valence-electron chi connectivity index (χ3n) is 3.45. The number of hydrogen-bond donors (Lipinski definition) is 1. The van der Waals surface area contributed by atoms with Gasteiger partial charge in [-0.2, -0.15) is 9.61 Å². The first kappa shape index (κ1) is 12.7. The molecule has 1 aliphatic rings. The van der Waals surface area contributed by atoms with Gasteiger partial charge >= 0.3 is 0 Å². The van der Waals surface area contributed by atoms with Gasteiger partial charge in [-0.05, 0) is 20.4 Å². The fraction of sp³-hybridized carbons (Fsp3) is 0.583. The number of likely N-dealkylation sites (N-methyl/N-ethyl adjacent to an activating group) is 1. The van der Waals surface area contributed by atoms with E-state index in [1.807, 2.05) is 14.0 Å². The van der Waals surface area contributed by atoms with Crippen LogP contribution in [-0.4, -0.2) is 45.7 Å². The monoisotopic (exact) mass is 279 g/mol. The van der Waals surface area contributed by atoms with Crippen molar-refractivity contribution < 1.29 is 0 Å². The topological polar surface area (TPSA) is 62.5 Å². The predicted molar refractivity (Wildman–Crippen MR) is 74.6 cm³/mol. The second kappa shape index (κ2) is 4.99. The molecule has 0 amide bonds. The van der Waals surface area contributed by atoms with Crippen molar-refractivity contribution in [1.82, 2.24) is 24.8 Å².